The lowest BCUT2D eigenvalue weighted by Crippen LogP contribution is -2.18. The molecule has 0 heterocycles. The maximum absolute atomic E-state index is 12.5. The fourth-order valence-corrected chi connectivity index (χ4v) is 5.07. The molecule has 0 unspecified atom stereocenters. The summed E-state index contributed by atoms with van der Waals surface area (Å²) >= 11 is 0. The maximum atomic E-state index is 12.5. The Kier molecular flexibility index (Phi) is 8.67. The lowest BCUT2D eigenvalue weighted by molar-refractivity contribution is 0.583. The van der Waals surface area contributed by atoms with Gasteiger partial charge in [0.1, 0.15) is 0 Å². The fraction of sp³-hybridized carbons (Fsp3) is 0.0714. The number of aryl methyl sites for hydroxylation is 2. The number of hydrogen-bond donors (Lipinski definition) is 2. The molecule has 0 bridgehead atoms. The van der Waals surface area contributed by atoms with E-state index in [1.54, 1.807) is 24.3 Å². The molecule has 0 aliphatic carbocycles. The molecule has 0 saturated carbocycles. The van der Waals surface area contributed by atoms with E-state index in [1.807, 2.05) is 60.7 Å². The molecular weight excluding hydrogens is 520 g/mol. The van der Waals surface area contributed by atoms with Crippen molar-refractivity contribution in [1.82, 2.24) is 9.66 Å². The summed E-state index contributed by atoms with van der Waals surface area (Å²) in [5, 5.41) is 7.65. The van der Waals surface area contributed by atoms with Gasteiger partial charge in [0.05, 0.1) is 22.2 Å². The monoisotopic (exact) mass is 546 g/mol. The van der Waals surface area contributed by atoms with E-state index < -0.39 is 20.0 Å². The van der Waals surface area contributed by atoms with Crippen molar-refractivity contribution in [3.63, 3.8) is 0 Å². The molecule has 0 aliphatic heterocycles. The van der Waals surface area contributed by atoms with Gasteiger partial charge < -0.3 is 0 Å². The van der Waals surface area contributed by atoms with Gasteiger partial charge >= 0.3 is 0 Å². The average molecular weight is 547 g/mol. The van der Waals surface area contributed by atoms with Crippen LogP contribution in [0.15, 0.2) is 129 Å². The van der Waals surface area contributed by atoms with Crippen LogP contribution in [-0.2, 0) is 32.9 Å². The Bertz CT molecular complexity index is 1480. The van der Waals surface area contributed by atoms with Crippen LogP contribution >= 0.6 is 0 Å². The highest BCUT2D eigenvalue weighted by Crippen LogP contribution is 2.15. The summed E-state index contributed by atoms with van der Waals surface area (Å²) in [6.45, 7) is 0. The molecule has 0 radical (unpaired) electrons. The highest BCUT2D eigenvalue weighted by molar-refractivity contribution is 7.89. The molecule has 0 aromatic heterocycles. The van der Waals surface area contributed by atoms with Crippen LogP contribution < -0.4 is 9.66 Å². The molecule has 0 saturated heterocycles. The molecule has 38 heavy (non-hydrogen) atoms. The number of nitrogens with one attached hydrogen (secondary N) is 2. The number of hydrogen-bond acceptors (Lipinski definition) is 6. The third-order valence-corrected chi connectivity index (χ3v) is 8.02. The van der Waals surface area contributed by atoms with Crippen LogP contribution in [0.4, 0.5) is 0 Å². The van der Waals surface area contributed by atoms with Gasteiger partial charge in [-0.3, -0.25) is 0 Å². The molecule has 0 spiro atoms. The lowest BCUT2D eigenvalue weighted by Gasteiger charge is -2.07. The highest BCUT2D eigenvalue weighted by Gasteiger charge is 2.14. The SMILES string of the molecule is O=S(=O)(N/N=C\c1ccccc1)c1ccc(CCc2ccc(S(=O)(=O)N/N=C\c3ccccc3)cc2)cc1. The van der Waals surface area contributed by atoms with Crippen molar-refractivity contribution in [2.75, 3.05) is 0 Å². The van der Waals surface area contributed by atoms with Gasteiger partial charge in [-0.05, 0) is 59.4 Å². The molecule has 4 aromatic carbocycles. The van der Waals surface area contributed by atoms with E-state index in [-0.39, 0.29) is 9.79 Å². The Morgan fingerprint density at radius 3 is 1.18 bits per heavy atom. The summed E-state index contributed by atoms with van der Waals surface area (Å²) in [5.41, 5.74) is 3.46. The van der Waals surface area contributed by atoms with Crippen LogP contribution in [0.2, 0.25) is 0 Å². The summed E-state index contributed by atoms with van der Waals surface area (Å²) in [6.07, 6.45) is 4.20. The van der Waals surface area contributed by atoms with Crippen molar-refractivity contribution >= 4 is 32.5 Å². The Labute approximate surface area is 222 Å². The van der Waals surface area contributed by atoms with Crippen molar-refractivity contribution in [3.05, 3.63) is 131 Å². The minimum atomic E-state index is -3.78. The maximum Gasteiger partial charge on any atom is 0.276 e. The molecule has 0 aliphatic rings. The molecule has 2 N–H and O–H groups in total. The minimum absolute atomic E-state index is 0.114. The van der Waals surface area contributed by atoms with E-state index in [9.17, 15) is 16.8 Å². The van der Waals surface area contributed by atoms with Crippen molar-refractivity contribution in [2.45, 2.75) is 22.6 Å². The van der Waals surface area contributed by atoms with Crippen molar-refractivity contribution in [3.8, 4) is 0 Å². The number of sulfonamides is 2. The Morgan fingerprint density at radius 2 is 0.842 bits per heavy atom. The molecule has 8 nitrogen and oxygen atoms in total. The topological polar surface area (TPSA) is 117 Å². The van der Waals surface area contributed by atoms with Crippen LogP contribution in [0, 0.1) is 0 Å². The normalized spacial score (nSPS) is 12.1. The molecule has 0 fully saturated rings. The van der Waals surface area contributed by atoms with E-state index >= 15 is 0 Å². The molecule has 4 rings (SSSR count). The van der Waals surface area contributed by atoms with E-state index in [4.69, 9.17) is 0 Å². The smallest absolute Gasteiger partial charge is 0.200 e. The van der Waals surface area contributed by atoms with E-state index in [1.165, 1.54) is 36.7 Å². The summed E-state index contributed by atoms with van der Waals surface area (Å²) in [5.74, 6) is 0. The van der Waals surface area contributed by atoms with Gasteiger partial charge in [0, 0.05) is 0 Å². The quantitative estimate of drug-likeness (QED) is 0.218. The second-order valence-electron chi connectivity index (χ2n) is 8.32. The van der Waals surface area contributed by atoms with E-state index in [2.05, 4.69) is 19.9 Å². The number of benzene rings is 4. The highest BCUT2D eigenvalue weighted by atomic mass is 32.2. The van der Waals surface area contributed by atoms with Crippen LogP contribution in [-0.4, -0.2) is 29.3 Å². The minimum Gasteiger partial charge on any atom is -0.200 e. The van der Waals surface area contributed by atoms with Gasteiger partial charge in [-0.25, -0.2) is 9.66 Å². The zero-order valence-corrected chi connectivity index (χ0v) is 21.9. The number of rotatable bonds is 11. The first-order chi connectivity index (χ1) is 18.3. The first-order valence-corrected chi connectivity index (χ1v) is 14.7. The van der Waals surface area contributed by atoms with Crippen molar-refractivity contribution in [2.24, 2.45) is 10.2 Å². The zero-order chi connectivity index (χ0) is 26.8. The number of nitrogens with zero attached hydrogens (tertiary/aromatic N) is 2. The van der Waals surface area contributed by atoms with Crippen LogP contribution in [0.1, 0.15) is 22.3 Å². The second-order valence-corrected chi connectivity index (χ2v) is 11.6. The second kappa shape index (κ2) is 12.3. The molecule has 0 amide bonds. The largest absolute Gasteiger partial charge is 0.276 e. The van der Waals surface area contributed by atoms with Crippen LogP contribution in [0.25, 0.3) is 0 Å². The van der Waals surface area contributed by atoms with E-state index in [0.717, 1.165) is 22.3 Å². The Balaban J connectivity index is 1.30. The predicted molar refractivity (Wildman–Crippen MR) is 149 cm³/mol. The van der Waals surface area contributed by atoms with Gasteiger partial charge in [0.2, 0.25) is 0 Å². The first-order valence-electron chi connectivity index (χ1n) is 11.7. The summed E-state index contributed by atoms with van der Waals surface area (Å²) in [4.78, 5) is 4.67. The van der Waals surface area contributed by atoms with Crippen molar-refractivity contribution in [1.29, 1.82) is 0 Å². The molecule has 10 heteroatoms. The van der Waals surface area contributed by atoms with Gasteiger partial charge in [-0.15, -0.1) is 0 Å². The molecule has 194 valence electrons. The van der Waals surface area contributed by atoms with Gasteiger partial charge in [0.25, 0.3) is 20.0 Å². The zero-order valence-electron chi connectivity index (χ0n) is 20.3. The molecule has 4 aromatic rings. The van der Waals surface area contributed by atoms with Gasteiger partial charge in [-0.2, -0.15) is 27.0 Å². The average Bonchev–Trinajstić information content (AvgIpc) is 2.93. The Hall–Kier alpha value is -4.28. The standard InChI is InChI=1S/C28H26N4O4S2/c33-37(34,31-29-21-25-7-3-1-4-8-25)27-17-13-23(14-18-27)11-12-24-15-19-28(20-16-24)38(35,36)32-30-22-26-9-5-2-6-10-26/h1-10,13-22,31-32H,11-12H2/b29-21-,30-22-. The summed E-state index contributed by atoms with van der Waals surface area (Å²) in [7, 11) is -7.55. The van der Waals surface area contributed by atoms with Crippen LogP contribution in [0.3, 0.4) is 0 Å². The van der Waals surface area contributed by atoms with Crippen molar-refractivity contribution < 1.29 is 16.8 Å². The molecular formula is C28H26N4O4S2. The molecule has 0 atom stereocenters. The fourth-order valence-electron chi connectivity index (χ4n) is 3.48. The Morgan fingerprint density at radius 1 is 0.500 bits per heavy atom. The predicted octanol–water partition coefficient (Wildman–Crippen LogP) is 4.10. The third-order valence-electron chi connectivity index (χ3n) is 5.54. The van der Waals surface area contributed by atoms with Gasteiger partial charge in [-0.1, -0.05) is 84.9 Å². The van der Waals surface area contributed by atoms with Crippen LogP contribution in [0.5, 0.6) is 0 Å². The number of hydrazone groups is 2. The summed E-state index contributed by atoms with van der Waals surface area (Å²) < 4.78 is 49.9. The van der Waals surface area contributed by atoms with E-state index in [0.29, 0.717) is 12.8 Å². The summed E-state index contributed by atoms with van der Waals surface area (Å²) in [6, 6.07) is 31.5. The third kappa shape index (κ3) is 7.61. The van der Waals surface area contributed by atoms with Gasteiger partial charge in [0.15, 0.2) is 0 Å². The lowest BCUT2D eigenvalue weighted by atomic mass is 10.0. The first kappa shape index (κ1) is 26.8.